The predicted molar refractivity (Wildman–Crippen MR) is 122 cm³/mol. The summed E-state index contributed by atoms with van der Waals surface area (Å²) < 4.78 is 0. The molecule has 3 amide bonds. The number of carbonyl (C=O) groups is 2. The van der Waals surface area contributed by atoms with E-state index in [9.17, 15) is 9.59 Å². The van der Waals surface area contributed by atoms with Gasteiger partial charge in [0.1, 0.15) is 0 Å². The van der Waals surface area contributed by atoms with Crippen LogP contribution in [0, 0.1) is 0 Å². The molecule has 0 saturated carbocycles. The molecule has 0 radical (unpaired) electrons. The smallest absolute Gasteiger partial charge is 0.322 e. The van der Waals surface area contributed by atoms with E-state index in [1.807, 2.05) is 12.1 Å². The highest BCUT2D eigenvalue weighted by Crippen LogP contribution is 2.28. The van der Waals surface area contributed by atoms with Crippen molar-refractivity contribution in [3.63, 3.8) is 0 Å². The van der Waals surface area contributed by atoms with Crippen molar-refractivity contribution in [2.45, 2.75) is 32.7 Å². The molecule has 0 spiro atoms. The molecule has 31 heavy (non-hydrogen) atoms. The molecule has 0 unspecified atom stereocenters. The number of nitrogen functional groups attached to an aromatic ring is 1. The summed E-state index contributed by atoms with van der Waals surface area (Å²) in [5, 5.41) is 6.09. The maximum Gasteiger partial charge on any atom is 0.322 e. The molecular weight excluding hydrogens is 412 g/mol. The number of anilines is 3. The predicted octanol–water partition coefficient (Wildman–Crippen LogP) is 4.09. The van der Waals surface area contributed by atoms with Crippen molar-refractivity contribution < 1.29 is 9.59 Å². The first-order valence-electron chi connectivity index (χ1n) is 10.1. The fourth-order valence-corrected chi connectivity index (χ4v) is 4.34. The summed E-state index contributed by atoms with van der Waals surface area (Å²) >= 11 is 1.31. The molecule has 0 aliphatic carbocycles. The Morgan fingerprint density at radius 3 is 2.81 bits per heavy atom. The third kappa shape index (κ3) is 4.66. The van der Waals surface area contributed by atoms with Gasteiger partial charge in [0.2, 0.25) is 0 Å². The SMILES string of the molecule is CC(C)c1ccc(N)c(NC(=O)c2nc3c(s2)CN(C(=O)Nc2cccnc2)CC3)c1. The molecule has 8 nitrogen and oxygen atoms in total. The largest absolute Gasteiger partial charge is 0.397 e. The topological polar surface area (TPSA) is 113 Å². The van der Waals surface area contributed by atoms with Crippen LogP contribution in [0.1, 0.15) is 45.7 Å². The number of carbonyl (C=O) groups excluding carboxylic acids is 2. The quantitative estimate of drug-likeness (QED) is 0.533. The Bertz CT molecular complexity index is 1110. The summed E-state index contributed by atoms with van der Waals surface area (Å²) in [4.78, 5) is 36.5. The fourth-order valence-electron chi connectivity index (χ4n) is 3.32. The molecule has 0 fully saturated rings. The minimum Gasteiger partial charge on any atom is -0.397 e. The summed E-state index contributed by atoms with van der Waals surface area (Å²) in [5.41, 5.74) is 9.74. The van der Waals surface area contributed by atoms with Crippen LogP contribution in [0.25, 0.3) is 0 Å². The molecule has 160 valence electrons. The van der Waals surface area contributed by atoms with Gasteiger partial charge in [-0.05, 0) is 35.7 Å². The molecular formula is C22H24N6O2S. The summed E-state index contributed by atoms with van der Waals surface area (Å²) in [7, 11) is 0. The third-order valence-electron chi connectivity index (χ3n) is 5.12. The van der Waals surface area contributed by atoms with Crippen LogP contribution in [0.5, 0.6) is 0 Å². The molecule has 2 aromatic heterocycles. The van der Waals surface area contributed by atoms with Crippen molar-refractivity contribution in [3.05, 3.63) is 63.9 Å². The van der Waals surface area contributed by atoms with E-state index in [2.05, 4.69) is 34.4 Å². The van der Waals surface area contributed by atoms with Gasteiger partial charge in [-0.2, -0.15) is 0 Å². The molecule has 1 aliphatic heterocycles. The van der Waals surface area contributed by atoms with Gasteiger partial charge in [0.25, 0.3) is 5.91 Å². The highest BCUT2D eigenvalue weighted by molar-refractivity contribution is 7.13. The second kappa shape index (κ2) is 8.73. The second-order valence-corrected chi connectivity index (χ2v) is 8.77. The number of nitrogens with two attached hydrogens (primary N) is 1. The lowest BCUT2D eigenvalue weighted by molar-refractivity contribution is 0.102. The lowest BCUT2D eigenvalue weighted by Crippen LogP contribution is -2.38. The Morgan fingerprint density at radius 1 is 1.23 bits per heavy atom. The van der Waals surface area contributed by atoms with Crippen LogP contribution in [-0.2, 0) is 13.0 Å². The monoisotopic (exact) mass is 436 g/mol. The lowest BCUT2D eigenvalue weighted by Gasteiger charge is -2.26. The zero-order chi connectivity index (χ0) is 22.0. The molecule has 0 bridgehead atoms. The van der Waals surface area contributed by atoms with Gasteiger partial charge < -0.3 is 21.3 Å². The number of pyridine rings is 1. The first-order valence-corrected chi connectivity index (χ1v) is 10.9. The van der Waals surface area contributed by atoms with E-state index >= 15 is 0 Å². The number of amides is 3. The van der Waals surface area contributed by atoms with E-state index < -0.39 is 0 Å². The van der Waals surface area contributed by atoms with E-state index in [4.69, 9.17) is 5.73 Å². The Morgan fingerprint density at radius 2 is 2.06 bits per heavy atom. The van der Waals surface area contributed by atoms with E-state index in [0.717, 1.165) is 16.1 Å². The molecule has 4 N–H and O–H groups in total. The zero-order valence-electron chi connectivity index (χ0n) is 17.4. The van der Waals surface area contributed by atoms with Gasteiger partial charge in [0.15, 0.2) is 5.01 Å². The highest BCUT2D eigenvalue weighted by atomic mass is 32.1. The number of nitrogens with one attached hydrogen (secondary N) is 2. The number of fused-ring (bicyclic) bond motifs is 1. The van der Waals surface area contributed by atoms with Crippen LogP contribution in [0.3, 0.4) is 0 Å². The number of urea groups is 1. The van der Waals surface area contributed by atoms with E-state index in [0.29, 0.717) is 47.5 Å². The summed E-state index contributed by atoms with van der Waals surface area (Å²) in [5.74, 6) is 0.0330. The van der Waals surface area contributed by atoms with Crippen molar-refractivity contribution in [2.24, 2.45) is 0 Å². The first kappa shape index (κ1) is 20.8. The van der Waals surface area contributed by atoms with Gasteiger partial charge in [-0.15, -0.1) is 11.3 Å². The van der Waals surface area contributed by atoms with Crippen molar-refractivity contribution in [2.75, 3.05) is 22.9 Å². The number of thiazole rings is 1. The van der Waals surface area contributed by atoms with Crippen molar-refractivity contribution in [1.29, 1.82) is 0 Å². The van der Waals surface area contributed by atoms with E-state index in [1.54, 1.807) is 35.5 Å². The Balaban J connectivity index is 1.45. The third-order valence-corrected chi connectivity index (χ3v) is 6.20. The summed E-state index contributed by atoms with van der Waals surface area (Å²) in [6, 6.07) is 9.02. The zero-order valence-corrected chi connectivity index (χ0v) is 18.2. The van der Waals surface area contributed by atoms with Gasteiger partial charge in [0, 0.05) is 24.0 Å². The first-order chi connectivity index (χ1) is 14.9. The van der Waals surface area contributed by atoms with E-state index in [1.165, 1.54) is 11.3 Å². The Hall–Kier alpha value is -3.46. The van der Waals surface area contributed by atoms with Gasteiger partial charge >= 0.3 is 6.03 Å². The summed E-state index contributed by atoms with van der Waals surface area (Å²) in [6.45, 7) is 5.12. The minimum absolute atomic E-state index is 0.198. The molecule has 1 aromatic carbocycles. The highest BCUT2D eigenvalue weighted by Gasteiger charge is 2.26. The molecule has 0 atom stereocenters. The molecule has 0 saturated heterocycles. The van der Waals surface area contributed by atoms with E-state index in [-0.39, 0.29) is 11.9 Å². The van der Waals surface area contributed by atoms with Gasteiger partial charge in [-0.1, -0.05) is 19.9 Å². The molecule has 3 aromatic rings. The van der Waals surface area contributed by atoms with Crippen LogP contribution >= 0.6 is 11.3 Å². The van der Waals surface area contributed by atoms with Crippen LogP contribution in [0.4, 0.5) is 21.9 Å². The van der Waals surface area contributed by atoms with Crippen LogP contribution in [0.2, 0.25) is 0 Å². The van der Waals surface area contributed by atoms with Gasteiger partial charge in [-0.25, -0.2) is 9.78 Å². The standard InChI is InChI=1S/C22H24N6O2S/c1-13(2)14-5-6-16(23)18(10-14)26-20(29)21-27-17-7-9-28(12-19(17)31-21)22(30)25-15-4-3-8-24-11-15/h3-6,8,10-11,13H,7,9,12,23H2,1-2H3,(H,25,30)(H,26,29). The minimum atomic E-state index is -0.293. The van der Waals surface area contributed by atoms with Crippen LogP contribution < -0.4 is 16.4 Å². The number of hydrogen-bond donors (Lipinski definition) is 3. The molecule has 1 aliphatic rings. The van der Waals surface area contributed by atoms with Crippen molar-refractivity contribution >= 4 is 40.3 Å². The van der Waals surface area contributed by atoms with Gasteiger partial charge in [0.05, 0.1) is 35.5 Å². The Kier molecular flexibility index (Phi) is 5.85. The maximum atomic E-state index is 12.8. The summed E-state index contributed by atoms with van der Waals surface area (Å²) in [6.07, 6.45) is 3.85. The van der Waals surface area contributed by atoms with Crippen molar-refractivity contribution in [3.8, 4) is 0 Å². The van der Waals surface area contributed by atoms with Crippen LogP contribution in [-0.4, -0.2) is 33.4 Å². The van der Waals surface area contributed by atoms with Crippen molar-refractivity contribution in [1.82, 2.24) is 14.9 Å². The Labute approximate surface area is 184 Å². The number of nitrogens with zero attached hydrogens (tertiary/aromatic N) is 3. The second-order valence-electron chi connectivity index (χ2n) is 7.69. The average Bonchev–Trinajstić information content (AvgIpc) is 3.19. The van der Waals surface area contributed by atoms with Gasteiger partial charge in [-0.3, -0.25) is 9.78 Å². The average molecular weight is 437 g/mol. The molecule has 9 heteroatoms. The number of hydrogen-bond acceptors (Lipinski definition) is 6. The van der Waals surface area contributed by atoms with Crippen LogP contribution in [0.15, 0.2) is 42.7 Å². The fraction of sp³-hybridized carbons (Fsp3) is 0.273. The number of rotatable bonds is 4. The molecule has 4 rings (SSSR count). The normalized spacial score (nSPS) is 13.1. The number of aromatic nitrogens is 2. The number of benzene rings is 1. The lowest BCUT2D eigenvalue weighted by atomic mass is 10.0. The molecule has 3 heterocycles. The maximum absolute atomic E-state index is 12.8.